The van der Waals surface area contributed by atoms with Gasteiger partial charge in [-0.2, -0.15) is 5.26 Å². The van der Waals surface area contributed by atoms with E-state index in [2.05, 4.69) is 24.1 Å². The topological polar surface area (TPSA) is 66.2 Å². The average molecular weight is 384 g/mol. The van der Waals surface area contributed by atoms with Crippen LogP contribution in [0.1, 0.15) is 59.4 Å². The Balaban J connectivity index is 0.000000921. The lowest BCUT2D eigenvalue weighted by Gasteiger charge is -2.33. The van der Waals surface area contributed by atoms with Gasteiger partial charge in [-0.3, -0.25) is 4.79 Å². The minimum atomic E-state index is -0.0882. The molecule has 1 aliphatic heterocycles. The Morgan fingerprint density at radius 2 is 2.07 bits per heavy atom. The zero-order chi connectivity index (χ0) is 20.9. The number of amides is 1. The van der Waals surface area contributed by atoms with Crippen LogP contribution in [0.3, 0.4) is 0 Å². The maximum atomic E-state index is 12.7. The third kappa shape index (κ3) is 6.84. The standard InChI is InChI=1S/C19H21N3O2.2C2H6/c1-14-4-2-5-16(10-14)19(23)22-9-3-6-17(13-22)24-18-11-15(12-20)7-8-21-18;2*1-2/h2,5,7-8,10-11,14,17H,3-4,6,9,13H2,1H3;2*1-2H3/t14?,17-;;/m1../s1. The van der Waals surface area contributed by atoms with Gasteiger partial charge in [0.15, 0.2) is 0 Å². The zero-order valence-corrected chi connectivity index (χ0v) is 17.8. The Morgan fingerprint density at radius 1 is 1.32 bits per heavy atom. The molecule has 0 bridgehead atoms. The Hall–Kier alpha value is -2.61. The van der Waals surface area contributed by atoms with Gasteiger partial charge in [0, 0.05) is 24.4 Å². The number of pyridine rings is 1. The van der Waals surface area contributed by atoms with Crippen LogP contribution in [0.25, 0.3) is 0 Å². The quantitative estimate of drug-likeness (QED) is 0.745. The number of carbonyl (C=O) groups excluding carboxylic acids is 1. The third-order valence-electron chi connectivity index (χ3n) is 4.33. The Morgan fingerprint density at radius 3 is 2.75 bits per heavy atom. The van der Waals surface area contributed by atoms with E-state index in [1.54, 1.807) is 18.3 Å². The highest BCUT2D eigenvalue weighted by atomic mass is 16.5. The van der Waals surface area contributed by atoms with E-state index >= 15 is 0 Å². The van der Waals surface area contributed by atoms with Gasteiger partial charge in [0.25, 0.3) is 5.91 Å². The van der Waals surface area contributed by atoms with E-state index in [-0.39, 0.29) is 12.0 Å². The molecule has 2 aliphatic rings. The lowest BCUT2D eigenvalue weighted by atomic mass is 9.96. The van der Waals surface area contributed by atoms with Gasteiger partial charge in [-0.15, -0.1) is 0 Å². The molecule has 0 N–H and O–H groups in total. The molecular weight excluding hydrogens is 350 g/mol. The van der Waals surface area contributed by atoms with Crippen molar-refractivity contribution in [1.82, 2.24) is 9.88 Å². The molecule has 1 fully saturated rings. The van der Waals surface area contributed by atoms with Gasteiger partial charge < -0.3 is 9.64 Å². The summed E-state index contributed by atoms with van der Waals surface area (Å²) < 4.78 is 5.89. The second kappa shape index (κ2) is 12.7. The first-order chi connectivity index (χ1) is 13.7. The molecule has 0 aromatic carbocycles. The number of piperidine rings is 1. The van der Waals surface area contributed by atoms with E-state index in [9.17, 15) is 4.79 Å². The Bertz CT molecular complexity index is 719. The van der Waals surface area contributed by atoms with E-state index < -0.39 is 0 Å². The molecule has 5 heteroatoms. The lowest BCUT2D eigenvalue weighted by Crippen LogP contribution is -2.45. The largest absolute Gasteiger partial charge is 0.472 e. The smallest absolute Gasteiger partial charge is 0.253 e. The van der Waals surface area contributed by atoms with Crippen molar-refractivity contribution in [1.29, 1.82) is 5.26 Å². The number of nitriles is 1. The normalized spacial score (nSPS) is 20.4. The monoisotopic (exact) mass is 383 g/mol. The first-order valence-electron chi connectivity index (χ1n) is 10.4. The van der Waals surface area contributed by atoms with Crippen LogP contribution < -0.4 is 4.74 Å². The fourth-order valence-corrected chi connectivity index (χ4v) is 3.10. The number of aromatic nitrogens is 1. The third-order valence-corrected chi connectivity index (χ3v) is 4.33. The molecule has 2 heterocycles. The van der Waals surface area contributed by atoms with Crippen LogP contribution in [0.2, 0.25) is 0 Å². The van der Waals surface area contributed by atoms with E-state index in [1.165, 1.54) is 0 Å². The van der Waals surface area contributed by atoms with Gasteiger partial charge in [0.05, 0.1) is 18.2 Å². The summed E-state index contributed by atoms with van der Waals surface area (Å²) in [6.07, 6.45) is 10.3. The summed E-state index contributed by atoms with van der Waals surface area (Å²) in [5, 5.41) is 8.95. The van der Waals surface area contributed by atoms with Crippen molar-refractivity contribution < 1.29 is 9.53 Å². The maximum Gasteiger partial charge on any atom is 0.253 e. The summed E-state index contributed by atoms with van der Waals surface area (Å²) in [7, 11) is 0. The molecule has 3 rings (SSSR count). The number of allylic oxidation sites excluding steroid dienone is 2. The molecule has 1 unspecified atom stereocenters. The van der Waals surface area contributed by atoms with E-state index in [1.807, 2.05) is 44.7 Å². The first-order valence-corrected chi connectivity index (χ1v) is 10.4. The average Bonchev–Trinajstić information content (AvgIpc) is 2.76. The molecule has 1 aliphatic carbocycles. The van der Waals surface area contributed by atoms with Crippen molar-refractivity contribution in [2.45, 2.75) is 60.0 Å². The highest BCUT2D eigenvalue weighted by Gasteiger charge is 2.27. The number of hydrogen-bond acceptors (Lipinski definition) is 4. The van der Waals surface area contributed by atoms with Crippen molar-refractivity contribution in [3.63, 3.8) is 0 Å². The van der Waals surface area contributed by atoms with E-state index in [4.69, 9.17) is 10.00 Å². The molecule has 1 aromatic rings. The number of ether oxygens (including phenoxy) is 1. The zero-order valence-electron chi connectivity index (χ0n) is 17.8. The molecule has 1 amide bonds. The second-order valence-electron chi connectivity index (χ2n) is 6.37. The summed E-state index contributed by atoms with van der Waals surface area (Å²) in [5.74, 6) is 0.923. The van der Waals surface area contributed by atoms with Crippen LogP contribution in [-0.4, -0.2) is 35.0 Å². The van der Waals surface area contributed by atoms with Crippen LogP contribution in [0.5, 0.6) is 5.88 Å². The molecule has 0 saturated carbocycles. The number of carbonyl (C=O) groups is 1. The Kier molecular flexibility index (Phi) is 10.6. The molecule has 152 valence electrons. The fourth-order valence-electron chi connectivity index (χ4n) is 3.10. The summed E-state index contributed by atoms with van der Waals surface area (Å²) in [6, 6.07) is 5.36. The Labute approximate surface area is 169 Å². The van der Waals surface area contributed by atoms with Gasteiger partial charge >= 0.3 is 0 Å². The van der Waals surface area contributed by atoms with Gasteiger partial charge in [0.1, 0.15) is 6.10 Å². The second-order valence-corrected chi connectivity index (χ2v) is 6.37. The van der Waals surface area contributed by atoms with Gasteiger partial charge in [-0.25, -0.2) is 4.98 Å². The van der Waals surface area contributed by atoms with Crippen molar-refractivity contribution in [3.05, 3.63) is 47.7 Å². The van der Waals surface area contributed by atoms with Gasteiger partial charge in [0.2, 0.25) is 5.88 Å². The number of hydrogen-bond donors (Lipinski definition) is 0. The predicted octanol–water partition coefficient (Wildman–Crippen LogP) is 4.90. The number of rotatable bonds is 3. The molecule has 28 heavy (non-hydrogen) atoms. The van der Waals surface area contributed by atoms with Crippen molar-refractivity contribution in [3.8, 4) is 11.9 Å². The number of likely N-dealkylation sites (tertiary alicyclic amines) is 1. The maximum absolute atomic E-state index is 12.7. The summed E-state index contributed by atoms with van der Waals surface area (Å²) in [5.41, 5.74) is 1.30. The van der Waals surface area contributed by atoms with Gasteiger partial charge in [-0.1, -0.05) is 52.8 Å². The molecule has 0 radical (unpaired) electrons. The van der Waals surface area contributed by atoms with Crippen LogP contribution in [0.4, 0.5) is 0 Å². The minimum absolute atomic E-state index is 0.0739. The summed E-state index contributed by atoms with van der Waals surface area (Å²) in [4.78, 5) is 18.7. The van der Waals surface area contributed by atoms with E-state index in [0.717, 1.165) is 31.4 Å². The highest BCUT2D eigenvalue weighted by molar-refractivity contribution is 5.96. The van der Waals surface area contributed by atoms with Crippen molar-refractivity contribution in [2.24, 2.45) is 5.92 Å². The molecule has 1 aromatic heterocycles. The van der Waals surface area contributed by atoms with Crippen LogP contribution in [0.15, 0.2) is 42.1 Å². The minimum Gasteiger partial charge on any atom is -0.472 e. The molecule has 2 atom stereocenters. The lowest BCUT2D eigenvalue weighted by molar-refractivity contribution is -0.129. The fraction of sp³-hybridized carbons (Fsp3) is 0.522. The highest BCUT2D eigenvalue weighted by Crippen LogP contribution is 2.22. The van der Waals surface area contributed by atoms with Gasteiger partial charge in [-0.05, 0) is 31.2 Å². The first kappa shape index (κ1) is 23.4. The predicted molar refractivity (Wildman–Crippen MR) is 113 cm³/mol. The number of nitrogens with zero attached hydrogens (tertiary/aromatic N) is 3. The molecule has 1 saturated heterocycles. The molecule has 0 spiro atoms. The SMILES string of the molecule is CC.CC.CC1C=C(C(=O)N2CCC[C@@H](Oc3cc(C#N)ccn3)C2)C=CC1. The molecule has 5 nitrogen and oxygen atoms in total. The summed E-state index contributed by atoms with van der Waals surface area (Å²) >= 11 is 0. The van der Waals surface area contributed by atoms with Crippen LogP contribution in [-0.2, 0) is 4.79 Å². The molecular formula is C23H33N3O2. The van der Waals surface area contributed by atoms with Crippen LogP contribution in [0, 0.1) is 17.2 Å². The van der Waals surface area contributed by atoms with Crippen molar-refractivity contribution >= 4 is 5.91 Å². The van der Waals surface area contributed by atoms with Crippen LogP contribution >= 0.6 is 0 Å². The summed E-state index contributed by atoms with van der Waals surface area (Å²) in [6.45, 7) is 11.4. The van der Waals surface area contributed by atoms with E-state index in [0.29, 0.717) is 23.9 Å². The van der Waals surface area contributed by atoms with Crippen molar-refractivity contribution in [2.75, 3.05) is 13.1 Å².